The van der Waals surface area contributed by atoms with Gasteiger partial charge in [-0.25, -0.2) is 0 Å². The van der Waals surface area contributed by atoms with E-state index >= 15 is 0 Å². The first-order valence-corrected chi connectivity index (χ1v) is 6.88. The van der Waals surface area contributed by atoms with Crippen molar-refractivity contribution in [3.63, 3.8) is 0 Å². The van der Waals surface area contributed by atoms with Crippen molar-refractivity contribution in [2.24, 2.45) is 5.41 Å². The summed E-state index contributed by atoms with van der Waals surface area (Å²) in [5.74, 6) is 0. The van der Waals surface area contributed by atoms with Gasteiger partial charge in [0.1, 0.15) is 0 Å². The van der Waals surface area contributed by atoms with Gasteiger partial charge in [-0.15, -0.1) is 0 Å². The van der Waals surface area contributed by atoms with Crippen LogP contribution in [0.4, 0.5) is 11.4 Å². The van der Waals surface area contributed by atoms with Crippen LogP contribution in [0.25, 0.3) is 0 Å². The van der Waals surface area contributed by atoms with Gasteiger partial charge in [-0.05, 0) is 55.4 Å². The van der Waals surface area contributed by atoms with E-state index in [4.69, 9.17) is 5.73 Å². The Morgan fingerprint density at radius 3 is 2.06 bits per heavy atom. The molecular weight excluding hydrogens is 208 g/mol. The maximum absolute atomic E-state index is 5.73. The molecule has 1 spiro atoms. The fourth-order valence-corrected chi connectivity index (χ4v) is 3.55. The molecule has 1 aliphatic heterocycles. The molecule has 1 saturated heterocycles. The molecule has 92 valence electrons. The second-order valence-corrected chi connectivity index (χ2v) is 5.79. The minimum atomic E-state index is 0.713. The number of piperidine rings is 1. The Morgan fingerprint density at radius 2 is 1.47 bits per heavy atom. The summed E-state index contributed by atoms with van der Waals surface area (Å²) in [6, 6.07) is 8.33. The van der Waals surface area contributed by atoms with Crippen LogP contribution >= 0.6 is 0 Å². The lowest BCUT2D eigenvalue weighted by Crippen LogP contribution is -2.38. The highest BCUT2D eigenvalue weighted by Gasteiger charge is 2.36. The molecule has 1 saturated carbocycles. The van der Waals surface area contributed by atoms with E-state index in [-0.39, 0.29) is 0 Å². The first-order chi connectivity index (χ1) is 8.27. The molecule has 2 aliphatic rings. The third kappa shape index (κ3) is 2.13. The zero-order chi connectivity index (χ0) is 11.7. The number of rotatable bonds is 1. The standard InChI is InChI=1S/C15H22N2/c16-13-3-5-14(6-4-13)17-11-9-15(10-12-17)7-1-2-8-15/h3-6H,1-2,7-12,16H2. The molecule has 0 unspecified atom stereocenters. The van der Waals surface area contributed by atoms with E-state index in [0.29, 0.717) is 5.41 Å². The van der Waals surface area contributed by atoms with Gasteiger partial charge >= 0.3 is 0 Å². The van der Waals surface area contributed by atoms with Gasteiger partial charge in [0, 0.05) is 24.5 Å². The summed E-state index contributed by atoms with van der Waals surface area (Å²) < 4.78 is 0. The fraction of sp³-hybridized carbons (Fsp3) is 0.600. The summed E-state index contributed by atoms with van der Waals surface area (Å²) in [5, 5.41) is 0. The Morgan fingerprint density at radius 1 is 0.882 bits per heavy atom. The maximum Gasteiger partial charge on any atom is 0.0367 e. The van der Waals surface area contributed by atoms with Crippen molar-refractivity contribution in [2.75, 3.05) is 23.7 Å². The predicted octanol–water partition coefficient (Wildman–Crippen LogP) is 3.43. The van der Waals surface area contributed by atoms with Gasteiger partial charge in [-0.1, -0.05) is 12.8 Å². The van der Waals surface area contributed by atoms with Crippen LogP contribution in [0, 0.1) is 5.41 Å². The second kappa shape index (κ2) is 4.25. The van der Waals surface area contributed by atoms with Gasteiger partial charge in [0.15, 0.2) is 0 Å². The number of anilines is 2. The average Bonchev–Trinajstić information content (AvgIpc) is 2.80. The van der Waals surface area contributed by atoms with Gasteiger partial charge in [-0.2, -0.15) is 0 Å². The van der Waals surface area contributed by atoms with Crippen LogP contribution in [-0.4, -0.2) is 13.1 Å². The topological polar surface area (TPSA) is 29.3 Å². The van der Waals surface area contributed by atoms with Crippen molar-refractivity contribution in [1.82, 2.24) is 0 Å². The van der Waals surface area contributed by atoms with Crippen LogP contribution in [0.2, 0.25) is 0 Å². The van der Waals surface area contributed by atoms with E-state index in [2.05, 4.69) is 17.0 Å². The maximum atomic E-state index is 5.73. The third-order valence-corrected chi connectivity index (χ3v) is 4.75. The predicted molar refractivity (Wildman–Crippen MR) is 73.2 cm³/mol. The van der Waals surface area contributed by atoms with Crippen LogP contribution in [0.15, 0.2) is 24.3 Å². The highest BCUT2D eigenvalue weighted by atomic mass is 15.1. The van der Waals surface area contributed by atoms with E-state index in [1.807, 2.05) is 12.1 Å². The van der Waals surface area contributed by atoms with Crippen LogP contribution in [-0.2, 0) is 0 Å². The Bertz CT molecular complexity index is 366. The van der Waals surface area contributed by atoms with E-state index < -0.39 is 0 Å². The first-order valence-electron chi connectivity index (χ1n) is 6.88. The molecule has 17 heavy (non-hydrogen) atoms. The molecule has 1 heterocycles. The molecule has 0 radical (unpaired) electrons. The van der Waals surface area contributed by atoms with Crippen LogP contribution < -0.4 is 10.6 Å². The SMILES string of the molecule is Nc1ccc(N2CCC3(CCCC3)CC2)cc1. The number of nitrogens with zero attached hydrogens (tertiary/aromatic N) is 1. The Kier molecular flexibility index (Phi) is 2.73. The van der Waals surface area contributed by atoms with Gasteiger partial charge in [0.25, 0.3) is 0 Å². The van der Waals surface area contributed by atoms with E-state index in [1.54, 1.807) is 0 Å². The lowest BCUT2D eigenvalue weighted by atomic mass is 9.77. The van der Waals surface area contributed by atoms with E-state index in [0.717, 1.165) is 5.69 Å². The highest BCUT2D eigenvalue weighted by Crippen LogP contribution is 2.46. The Hall–Kier alpha value is -1.18. The summed E-state index contributed by atoms with van der Waals surface area (Å²) >= 11 is 0. The quantitative estimate of drug-likeness (QED) is 0.749. The first kappa shape index (κ1) is 10.9. The molecule has 0 bridgehead atoms. The molecular formula is C15H22N2. The smallest absolute Gasteiger partial charge is 0.0367 e. The van der Waals surface area contributed by atoms with Gasteiger partial charge in [0.2, 0.25) is 0 Å². The van der Waals surface area contributed by atoms with Crippen LogP contribution in [0.1, 0.15) is 38.5 Å². The molecule has 2 fully saturated rings. The van der Waals surface area contributed by atoms with Crippen LogP contribution in [0.3, 0.4) is 0 Å². The molecule has 1 aliphatic carbocycles. The average molecular weight is 230 g/mol. The number of nitrogens with two attached hydrogens (primary N) is 1. The molecule has 2 heteroatoms. The normalized spacial score (nSPS) is 23.2. The zero-order valence-electron chi connectivity index (χ0n) is 10.5. The third-order valence-electron chi connectivity index (χ3n) is 4.75. The summed E-state index contributed by atoms with van der Waals surface area (Å²) in [6.45, 7) is 2.45. The molecule has 3 rings (SSSR count). The second-order valence-electron chi connectivity index (χ2n) is 5.79. The van der Waals surface area contributed by atoms with E-state index in [1.165, 1.54) is 57.3 Å². The number of hydrogen-bond donors (Lipinski definition) is 1. The summed E-state index contributed by atoms with van der Waals surface area (Å²) in [6.07, 6.45) is 8.64. The van der Waals surface area contributed by atoms with Crippen molar-refractivity contribution in [3.05, 3.63) is 24.3 Å². The lowest BCUT2D eigenvalue weighted by Gasteiger charge is -2.40. The fourth-order valence-electron chi connectivity index (χ4n) is 3.55. The summed E-state index contributed by atoms with van der Waals surface area (Å²) in [5.41, 5.74) is 8.64. The van der Waals surface area contributed by atoms with Crippen molar-refractivity contribution in [3.8, 4) is 0 Å². The Labute approximate surface area is 104 Å². The van der Waals surface area contributed by atoms with Gasteiger partial charge in [-0.3, -0.25) is 0 Å². The minimum Gasteiger partial charge on any atom is -0.399 e. The Balaban J connectivity index is 1.66. The van der Waals surface area contributed by atoms with Crippen molar-refractivity contribution >= 4 is 11.4 Å². The number of benzene rings is 1. The zero-order valence-corrected chi connectivity index (χ0v) is 10.5. The van der Waals surface area contributed by atoms with Crippen molar-refractivity contribution in [2.45, 2.75) is 38.5 Å². The molecule has 0 atom stereocenters. The van der Waals surface area contributed by atoms with Crippen molar-refractivity contribution < 1.29 is 0 Å². The number of nitrogen functional groups attached to an aromatic ring is 1. The van der Waals surface area contributed by atoms with Crippen LogP contribution in [0.5, 0.6) is 0 Å². The van der Waals surface area contributed by atoms with Crippen molar-refractivity contribution in [1.29, 1.82) is 0 Å². The summed E-state index contributed by atoms with van der Waals surface area (Å²) in [4.78, 5) is 2.52. The molecule has 1 aromatic rings. The summed E-state index contributed by atoms with van der Waals surface area (Å²) in [7, 11) is 0. The highest BCUT2D eigenvalue weighted by molar-refractivity contribution is 5.53. The molecule has 0 amide bonds. The van der Waals surface area contributed by atoms with Gasteiger partial charge in [0.05, 0.1) is 0 Å². The largest absolute Gasteiger partial charge is 0.399 e. The minimum absolute atomic E-state index is 0.713. The van der Waals surface area contributed by atoms with Gasteiger partial charge < -0.3 is 10.6 Å². The monoisotopic (exact) mass is 230 g/mol. The lowest BCUT2D eigenvalue weighted by molar-refractivity contribution is 0.226. The number of hydrogen-bond acceptors (Lipinski definition) is 2. The molecule has 0 aromatic heterocycles. The van der Waals surface area contributed by atoms with E-state index in [9.17, 15) is 0 Å². The molecule has 2 N–H and O–H groups in total. The molecule has 1 aromatic carbocycles. The molecule has 2 nitrogen and oxygen atoms in total.